The number of nitrogens with zero attached hydrogens (tertiary/aromatic N) is 3. The molecule has 3 aromatic rings. The lowest BCUT2D eigenvalue weighted by Gasteiger charge is -2.27. The van der Waals surface area contributed by atoms with Gasteiger partial charge in [-0.1, -0.05) is 11.6 Å². The van der Waals surface area contributed by atoms with Crippen molar-refractivity contribution in [3.63, 3.8) is 0 Å². The smallest absolute Gasteiger partial charge is 0.145 e. The van der Waals surface area contributed by atoms with Crippen LogP contribution in [0.15, 0.2) is 30.7 Å². The third kappa shape index (κ3) is 2.85. The maximum Gasteiger partial charge on any atom is 0.145 e. The fourth-order valence-corrected chi connectivity index (χ4v) is 3.85. The predicted molar refractivity (Wildman–Crippen MR) is 95.9 cm³/mol. The van der Waals surface area contributed by atoms with E-state index in [2.05, 4.69) is 9.97 Å². The molecule has 0 saturated heterocycles. The molecule has 0 atom stereocenters. The van der Waals surface area contributed by atoms with E-state index in [-0.39, 0.29) is 12.1 Å². The molecule has 1 aromatic carbocycles. The summed E-state index contributed by atoms with van der Waals surface area (Å²) in [6, 6.07) is 4.81. The topological polar surface area (TPSA) is 77.0 Å². The second kappa shape index (κ2) is 6.28. The second-order valence-corrected chi connectivity index (χ2v) is 6.87. The number of anilines is 1. The van der Waals surface area contributed by atoms with E-state index in [1.54, 1.807) is 12.1 Å². The van der Waals surface area contributed by atoms with Gasteiger partial charge in [0.1, 0.15) is 22.9 Å². The van der Waals surface area contributed by atoms with Gasteiger partial charge in [-0.2, -0.15) is 0 Å². The minimum atomic E-state index is -0.405. The third-order valence-electron chi connectivity index (χ3n) is 4.91. The van der Waals surface area contributed by atoms with E-state index in [0.29, 0.717) is 33.0 Å². The van der Waals surface area contributed by atoms with Crippen LogP contribution in [-0.4, -0.2) is 25.7 Å². The maximum absolute atomic E-state index is 14.5. The molecule has 25 heavy (non-hydrogen) atoms. The molecule has 0 radical (unpaired) electrons. The van der Waals surface area contributed by atoms with Crippen molar-refractivity contribution < 1.29 is 9.50 Å². The Kier molecular flexibility index (Phi) is 4.09. The number of halogens is 2. The summed E-state index contributed by atoms with van der Waals surface area (Å²) >= 11 is 6.32. The molecule has 2 aromatic heterocycles. The fourth-order valence-electron chi connectivity index (χ4n) is 3.62. The molecule has 0 amide bonds. The van der Waals surface area contributed by atoms with Crippen molar-refractivity contribution in [2.75, 3.05) is 5.73 Å². The van der Waals surface area contributed by atoms with Crippen LogP contribution in [0, 0.1) is 5.82 Å². The first-order valence-corrected chi connectivity index (χ1v) is 8.67. The van der Waals surface area contributed by atoms with Crippen molar-refractivity contribution in [1.82, 2.24) is 14.5 Å². The van der Waals surface area contributed by atoms with Crippen molar-refractivity contribution in [3.05, 3.63) is 41.7 Å². The molecule has 0 spiro atoms. The van der Waals surface area contributed by atoms with Crippen molar-refractivity contribution in [1.29, 1.82) is 0 Å². The van der Waals surface area contributed by atoms with E-state index in [0.717, 1.165) is 25.7 Å². The number of nitrogen functional groups attached to an aromatic ring is 1. The summed E-state index contributed by atoms with van der Waals surface area (Å²) in [5.41, 5.74) is 7.80. The highest BCUT2D eigenvalue weighted by molar-refractivity contribution is 6.35. The number of benzene rings is 1. The monoisotopic (exact) mass is 360 g/mol. The van der Waals surface area contributed by atoms with Gasteiger partial charge in [0, 0.05) is 29.1 Å². The molecular weight excluding hydrogens is 343 g/mol. The van der Waals surface area contributed by atoms with Crippen LogP contribution in [0.25, 0.3) is 22.2 Å². The van der Waals surface area contributed by atoms with Gasteiger partial charge in [-0.25, -0.2) is 14.4 Å². The average Bonchev–Trinajstić information content (AvgIpc) is 2.96. The number of aliphatic hydroxyl groups excluding tert-OH is 1. The molecule has 1 fully saturated rings. The summed E-state index contributed by atoms with van der Waals surface area (Å²) in [6.07, 6.45) is 6.24. The molecule has 1 aliphatic rings. The lowest BCUT2D eigenvalue weighted by Crippen LogP contribution is -2.20. The Morgan fingerprint density at radius 1 is 1.16 bits per heavy atom. The van der Waals surface area contributed by atoms with E-state index in [4.69, 9.17) is 17.3 Å². The van der Waals surface area contributed by atoms with Crippen LogP contribution in [-0.2, 0) is 0 Å². The Morgan fingerprint density at radius 3 is 2.64 bits per heavy atom. The van der Waals surface area contributed by atoms with Gasteiger partial charge in [0.05, 0.1) is 11.5 Å². The summed E-state index contributed by atoms with van der Waals surface area (Å²) in [4.78, 5) is 8.45. The Hall–Kier alpha value is -2.18. The molecule has 1 saturated carbocycles. The lowest BCUT2D eigenvalue weighted by molar-refractivity contribution is 0.111. The second-order valence-electron chi connectivity index (χ2n) is 6.51. The van der Waals surface area contributed by atoms with Crippen LogP contribution < -0.4 is 5.73 Å². The van der Waals surface area contributed by atoms with Gasteiger partial charge >= 0.3 is 0 Å². The van der Waals surface area contributed by atoms with E-state index >= 15 is 0 Å². The number of aliphatic hydroxyl groups is 1. The number of rotatable bonds is 2. The zero-order valence-corrected chi connectivity index (χ0v) is 14.2. The molecule has 0 unspecified atom stereocenters. The number of fused-ring (bicyclic) bond motifs is 1. The summed E-state index contributed by atoms with van der Waals surface area (Å²) < 4.78 is 16.5. The molecular formula is C18H18ClFN4O. The number of hydrogen-bond acceptors (Lipinski definition) is 4. The van der Waals surface area contributed by atoms with E-state index < -0.39 is 5.82 Å². The van der Waals surface area contributed by atoms with E-state index in [1.165, 1.54) is 12.4 Å². The standard InChI is InChI=1S/C18H18ClFN4O/c19-17-16-14(13-6-1-10(21)7-15(13)20)8-24(18(16)23-9-22-17)11-2-4-12(25)5-3-11/h1,6-9,11-12,25H,2-5,21H2. The van der Waals surface area contributed by atoms with Crippen LogP contribution >= 0.6 is 11.6 Å². The Morgan fingerprint density at radius 2 is 1.92 bits per heavy atom. The summed E-state index contributed by atoms with van der Waals surface area (Å²) in [7, 11) is 0. The highest BCUT2D eigenvalue weighted by Gasteiger charge is 2.25. The van der Waals surface area contributed by atoms with Crippen molar-refractivity contribution in [2.45, 2.75) is 37.8 Å². The first-order chi connectivity index (χ1) is 12.0. The van der Waals surface area contributed by atoms with Crippen molar-refractivity contribution >= 4 is 28.3 Å². The summed E-state index contributed by atoms with van der Waals surface area (Å²) in [5.74, 6) is -0.405. The van der Waals surface area contributed by atoms with Crippen LogP contribution in [0.5, 0.6) is 0 Å². The van der Waals surface area contributed by atoms with Crippen LogP contribution in [0.2, 0.25) is 5.15 Å². The summed E-state index contributed by atoms with van der Waals surface area (Å²) in [5, 5.41) is 10.7. The minimum Gasteiger partial charge on any atom is -0.399 e. The van der Waals surface area contributed by atoms with Gasteiger partial charge in [-0.05, 0) is 43.9 Å². The zero-order valence-electron chi connectivity index (χ0n) is 13.5. The third-order valence-corrected chi connectivity index (χ3v) is 5.19. The van der Waals surface area contributed by atoms with Gasteiger partial charge < -0.3 is 15.4 Å². The van der Waals surface area contributed by atoms with E-state index in [9.17, 15) is 9.50 Å². The van der Waals surface area contributed by atoms with Crippen LogP contribution in [0.1, 0.15) is 31.7 Å². The molecule has 4 rings (SSSR count). The highest BCUT2D eigenvalue weighted by atomic mass is 35.5. The molecule has 130 valence electrons. The quantitative estimate of drug-likeness (QED) is 0.536. The summed E-state index contributed by atoms with van der Waals surface area (Å²) in [6.45, 7) is 0. The van der Waals surface area contributed by atoms with Gasteiger partial charge in [-0.15, -0.1) is 0 Å². The molecule has 0 aliphatic heterocycles. The predicted octanol–water partition coefficient (Wildman–Crippen LogP) is 3.95. The molecule has 5 nitrogen and oxygen atoms in total. The molecule has 3 N–H and O–H groups in total. The SMILES string of the molecule is Nc1ccc(-c2cn(C3CCC(O)CC3)c3ncnc(Cl)c23)c(F)c1. The zero-order chi connectivity index (χ0) is 17.6. The Balaban J connectivity index is 1.90. The number of hydrogen-bond donors (Lipinski definition) is 2. The maximum atomic E-state index is 14.5. The number of nitrogens with two attached hydrogens (primary N) is 1. The molecule has 7 heteroatoms. The van der Waals surface area contributed by atoms with Crippen LogP contribution in [0.4, 0.5) is 10.1 Å². The van der Waals surface area contributed by atoms with Crippen molar-refractivity contribution in [2.24, 2.45) is 0 Å². The van der Waals surface area contributed by atoms with E-state index in [1.807, 2.05) is 10.8 Å². The Labute approximate surface area is 149 Å². The van der Waals surface area contributed by atoms with Gasteiger partial charge in [0.2, 0.25) is 0 Å². The lowest BCUT2D eigenvalue weighted by atomic mass is 9.93. The molecule has 2 heterocycles. The van der Waals surface area contributed by atoms with Gasteiger partial charge in [-0.3, -0.25) is 0 Å². The normalized spacial score (nSPS) is 20.9. The highest BCUT2D eigenvalue weighted by Crippen LogP contribution is 2.39. The van der Waals surface area contributed by atoms with Gasteiger partial charge in [0.15, 0.2) is 0 Å². The first-order valence-electron chi connectivity index (χ1n) is 8.29. The largest absolute Gasteiger partial charge is 0.399 e. The van der Waals surface area contributed by atoms with Crippen LogP contribution in [0.3, 0.4) is 0 Å². The minimum absolute atomic E-state index is 0.197. The van der Waals surface area contributed by atoms with Gasteiger partial charge in [0.25, 0.3) is 0 Å². The van der Waals surface area contributed by atoms with Crippen molar-refractivity contribution in [3.8, 4) is 11.1 Å². The fraction of sp³-hybridized carbons (Fsp3) is 0.333. The number of aromatic nitrogens is 3. The molecule has 0 bridgehead atoms. The average molecular weight is 361 g/mol. The first kappa shape index (κ1) is 16.3. The Bertz CT molecular complexity index is 934. The molecule has 1 aliphatic carbocycles.